The fourth-order valence-corrected chi connectivity index (χ4v) is 7.31. The predicted molar refractivity (Wildman–Crippen MR) is 113 cm³/mol. The largest absolute Gasteiger partial charge is 0.393 e. The summed E-state index contributed by atoms with van der Waals surface area (Å²) in [5.74, 6) is -3.49. The first-order chi connectivity index (χ1) is 17.1. The Morgan fingerprint density at radius 1 is 1.45 bits per heavy atom. The molecule has 1 aliphatic heterocycles. The molecule has 0 aromatic heterocycles. The Morgan fingerprint density at radius 3 is 2.94 bits per heavy atom. The molecule has 2 N–H and O–H groups in total. The number of carbonyl (C=O) groups excluding carboxylic acids is 2. The van der Waals surface area contributed by atoms with Crippen molar-refractivity contribution >= 4 is 11.6 Å². The van der Waals surface area contributed by atoms with Crippen molar-refractivity contribution < 1.29 is 37.5 Å². The standard InChI is InChI=1S/C25H34O6/c1-4-5-21-30-20-11-17-16-7-6-14-10-15(27)8-9-23(14,2)22(16)18(28)12-24(17,3)25(20,31-21)19(29)13-26/h8-10,16-18,20-22,26,28H,4-7,11-13H2,1-3H3/t16-,17-,18-,20+,21?,22+,23-,24-,25+/m0/s1/i6D2,8D,9D,10D,21D. The average Bonchev–Trinajstić information content (AvgIpc) is 3.22. The van der Waals surface area contributed by atoms with Crippen LogP contribution < -0.4 is 0 Å². The number of fused-ring (bicyclic) bond motifs is 7. The van der Waals surface area contributed by atoms with E-state index in [1.54, 1.807) is 6.92 Å². The monoisotopic (exact) mass is 436 g/mol. The van der Waals surface area contributed by atoms with E-state index in [9.17, 15) is 19.8 Å². The zero-order valence-electron chi connectivity index (χ0n) is 24.2. The maximum absolute atomic E-state index is 13.4. The van der Waals surface area contributed by atoms with Gasteiger partial charge in [-0.1, -0.05) is 38.8 Å². The molecule has 5 aliphatic rings. The maximum atomic E-state index is 13.4. The molecule has 1 heterocycles. The second kappa shape index (κ2) is 7.08. The van der Waals surface area contributed by atoms with Crippen molar-refractivity contribution in [1.29, 1.82) is 0 Å². The zero-order chi connectivity index (χ0) is 27.5. The van der Waals surface area contributed by atoms with Gasteiger partial charge in [-0.2, -0.15) is 0 Å². The highest BCUT2D eigenvalue weighted by Crippen LogP contribution is 2.69. The molecule has 0 spiro atoms. The van der Waals surface area contributed by atoms with E-state index in [2.05, 4.69) is 0 Å². The predicted octanol–water partition coefficient (Wildman–Crippen LogP) is 2.72. The molecule has 6 nitrogen and oxygen atoms in total. The van der Waals surface area contributed by atoms with E-state index in [0.29, 0.717) is 6.42 Å². The number of Topliss-reactive ketones (excluding diaryl/α,β-unsaturated/α-hetero) is 1. The van der Waals surface area contributed by atoms with Crippen molar-refractivity contribution in [3.63, 3.8) is 0 Å². The summed E-state index contributed by atoms with van der Waals surface area (Å²) in [4.78, 5) is 25.9. The lowest BCUT2D eigenvalue weighted by Gasteiger charge is -2.59. The zero-order valence-corrected chi connectivity index (χ0v) is 18.2. The van der Waals surface area contributed by atoms with Gasteiger partial charge in [0.2, 0.25) is 0 Å². The summed E-state index contributed by atoms with van der Waals surface area (Å²) >= 11 is 0. The van der Waals surface area contributed by atoms with Crippen LogP contribution in [0.1, 0.15) is 67.5 Å². The molecule has 9 atom stereocenters. The minimum atomic E-state index is -2.18. The molecule has 5 rings (SSSR count). The van der Waals surface area contributed by atoms with Crippen LogP contribution in [0.15, 0.2) is 23.7 Å². The van der Waals surface area contributed by atoms with E-state index >= 15 is 0 Å². The number of hydrogen-bond donors (Lipinski definition) is 2. The molecule has 1 unspecified atom stereocenters. The summed E-state index contributed by atoms with van der Waals surface area (Å²) in [5.41, 5.74) is -4.56. The Hall–Kier alpha value is -1.34. The van der Waals surface area contributed by atoms with E-state index in [4.69, 9.17) is 17.7 Å². The Balaban J connectivity index is 1.67. The molecule has 1 saturated heterocycles. The highest BCUT2D eigenvalue weighted by Gasteiger charge is 2.75. The van der Waals surface area contributed by atoms with Gasteiger partial charge < -0.3 is 19.7 Å². The second-order valence-electron chi connectivity index (χ2n) is 10.0. The van der Waals surface area contributed by atoms with Crippen LogP contribution in [0.25, 0.3) is 0 Å². The SMILES string of the molecule is [2H]C1=C([2H])[C@@]2(C)C(=C([2H])C1=O)C([2H])([2H])C[C@@H]1[C@@H]2[C@@H](O)C[C@@]2(C)[C@H]1C[C@H]1OC([2H])(CCC)O[C@]12C(=O)CO. The summed E-state index contributed by atoms with van der Waals surface area (Å²) in [7, 11) is 0. The van der Waals surface area contributed by atoms with Crippen molar-refractivity contribution in [3.05, 3.63) is 23.7 Å². The molecule has 4 fully saturated rings. The second-order valence-corrected chi connectivity index (χ2v) is 10.0. The Bertz CT molecular complexity index is 1140. The lowest BCUT2D eigenvalue weighted by Crippen LogP contribution is -2.63. The van der Waals surface area contributed by atoms with Crippen LogP contribution in [-0.4, -0.2) is 52.5 Å². The van der Waals surface area contributed by atoms with Gasteiger partial charge in [-0.05, 0) is 56.0 Å². The highest BCUT2D eigenvalue weighted by atomic mass is 16.7. The first kappa shape index (κ1) is 15.5. The third kappa shape index (κ3) is 2.65. The first-order valence-corrected chi connectivity index (χ1v) is 11.2. The van der Waals surface area contributed by atoms with Gasteiger partial charge in [-0.3, -0.25) is 9.59 Å². The van der Waals surface area contributed by atoms with Crippen LogP contribution >= 0.6 is 0 Å². The molecule has 0 radical (unpaired) electrons. The van der Waals surface area contributed by atoms with Gasteiger partial charge in [0.1, 0.15) is 6.61 Å². The summed E-state index contributed by atoms with van der Waals surface area (Å²) in [6.45, 7) is 4.32. The van der Waals surface area contributed by atoms with Crippen molar-refractivity contribution in [3.8, 4) is 0 Å². The molecule has 3 saturated carbocycles. The molecular formula is C25H34O6. The number of ketones is 2. The van der Waals surface area contributed by atoms with Gasteiger partial charge in [-0.15, -0.1) is 0 Å². The van der Waals surface area contributed by atoms with Crippen LogP contribution in [0.4, 0.5) is 0 Å². The van der Waals surface area contributed by atoms with Gasteiger partial charge in [0.15, 0.2) is 23.4 Å². The fourth-order valence-electron chi connectivity index (χ4n) is 7.31. The highest BCUT2D eigenvalue weighted by molar-refractivity contribution is 6.01. The van der Waals surface area contributed by atoms with Crippen molar-refractivity contribution in [2.75, 3.05) is 6.61 Å². The number of rotatable bonds is 4. The third-order valence-corrected chi connectivity index (χ3v) is 8.55. The van der Waals surface area contributed by atoms with Gasteiger partial charge in [0, 0.05) is 19.5 Å². The number of allylic oxidation sites excluding steroid dienone is 4. The first-order valence-electron chi connectivity index (χ1n) is 14.2. The Kier molecular flexibility index (Phi) is 3.54. The fraction of sp³-hybridized carbons (Fsp3) is 0.760. The van der Waals surface area contributed by atoms with Crippen molar-refractivity contribution in [2.45, 2.75) is 83.3 Å². The van der Waals surface area contributed by atoms with Crippen LogP contribution in [0.2, 0.25) is 0 Å². The summed E-state index contributed by atoms with van der Waals surface area (Å²) in [5, 5.41) is 21.7. The van der Waals surface area contributed by atoms with Gasteiger partial charge in [0.25, 0.3) is 0 Å². The van der Waals surface area contributed by atoms with Crippen LogP contribution in [0, 0.1) is 28.6 Å². The van der Waals surface area contributed by atoms with E-state index in [-0.39, 0.29) is 31.3 Å². The van der Waals surface area contributed by atoms with Crippen LogP contribution in [0.3, 0.4) is 0 Å². The van der Waals surface area contributed by atoms with Gasteiger partial charge in [0.05, 0.1) is 17.7 Å². The molecule has 31 heavy (non-hydrogen) atoms. The third-order valence-electron chi connectivity index (χ3n) is 8.55. The molecule has 0 amide bonds. The van der Waals surface area contributed by atoms with E-state index in [1.165, 1.54) is 6.92 Å². The molecule has 0 aromatic carbocycles. The maximum Gasteiger partial charge on any atom is 0.193 e. The molecule has 4 aliphatic carbocycles. The van der Waals surface area contributed by atoms with E-state index in [1.807, 2.05) is 6.92 Å². The van der Waals surface area contributed by atoms with Gasteiger partial charge in [-0.25, -0.2) is 0 Å². The normalized spacial score (nSPS) is 58.1. The molecule has 170 valence electrons. The van der Waals surface area contributed by atoms with E-state index < -0.39 is 95.4 Å². The minimum absolute atomic E-state index is 0.0135. The number of aliphatic hydroxyl groups is 2. The number of ether oxygens (including phenoxy) is 2. The Morgan fingerprint density at radius 2 is 2.23 bits per heavy atom. The van der Waals surface area contributed by atoms with Crippen LogP contribution in [-0.2, 0) is 19.1 Å². The van der Waals surface area contributed by atoms with Crippen LogP contribution in [0.5, 0.6) is 0 Å². The Labute approximate surface area is 192 Å². The summed E-state index contributed by atoms with van der Waals surface area (Å²) in [6, 6.07) is -1.72. The number of aliphatic hydroxyl groups excluding tert-OH is 2. The van der Waals surface area contributed by atoms with Crippen molar-refractivity contribution in [1.82, 2.24) is 0 Å². The van der Waals surface area contributed by atoms with Gasteiger partial charge >= 0.3 is 0 Å². The molecule has 0 bridgehead atoms. The smallest absolute Gasteiger partial charge is 0.193 e. The van der Waals surface area contributed by atoms with Crippen molar-refractivity contribution in [2.24, 2.45) is 28.6 Å². The quantitative estimate of drug-likeness (QED) is 0.704. The number of hydrogen-bond acceptors (Lipinski definition) is 6. The minimum Gasteiger partial charge on any atom is -0.393 e. The van der Waals surface area contributed by atoms with E-state index in [0.717, 1.165) is 0 Å². The summed E-state index contributed by atoms with van der Waals surface area (Å²) < 4.78 is 64.0. The lowest BCUT2D eigenvalue weighted by atomic mass is 9.46. The number of carbonyl (C=O) groups is 2. The summed E-state index contributed by atoms with van der Waals surface area (Å²) in [6.07, 6.45) is -5.24. The topological polar surface area (TPSA) is 93.1 Å². The molecule has 6 heteroatoms. The molecular weight excluding hydrogens is 396 g/mol. The lowest BCUT2D eigenvalue weighted by molar-refractivity contribution is -0.200. The molecule has 0 aromatic rings. The average molecular weight is 437 g/mol.